The minimum Gasteiger partial charge on any atom is -0.493 e. The molecule has 1 aliphatic carbocycles. The Labute approximate surface area is 133 Å². The molecule has 3 rings (SSSR count). The molecule has 3 heteroatoms. The van der Waals surface area contributed by atoms with Gasteiger partial charge in [-0.05, 0) is 48.1 Å². The zero-order chi connectivity index (χ0) is 14.7. The van der Waals surface area contributed by atoms with E-state index in [0.717, 1.165) is 18.4 Å². The fraction of sp³-hybridized carbons (Fsp3) is 0.333. The molecular formula is C18H18BrFO. The fourth-order valence-electron chi connectivity index (χ4n) is 3.01. The summed E-state index contributed by atoms with van der Waals surface area (Å²) in [6, 6.07) is 13.5. The number of hydrogen-bond donors (Lipinski definition) is 0. The van der Waals surface area contributed by atoms with E-state index in [1.807, 2.05) is 6.07 Å². The first kappa shape index (κ1) is 14.6. The van der Waals surface area contributed by atoms with Crippen LogP contribution in [-0.4, -0.2) is 6.61 Å². The van der Waals surface area contributed by atoms with Gasteiger partial charge in [0.1, 0.15) is 11.6 Å². The number of fused-ring (bicyclic) bond motifs is 1. The lowest BCUT2D eigenvalue weighted by Gasteiger charge is -2.25. The monoisotopic (exact) mass is 348 g/mol. The van der Waals surface area contributed by atoms with E-state index in [9.17, 15) is 4.39 Å². The van der Waals surface area contributed by atoms with Gasteiger partial charge < -0.3 is 4.74 Å². The average molecular weight is 349 g/mol. The lowest BCUT2D eigenvalue weighted by molar-refractivity contribution is 0.273. The Morgan fingerprint density at radius 1 is 1.19 bits per heavy atom. The molecule has 0 heterocycles. The summed E-state index contributed by atoms with van der Waals surface area (Å²) in [5, 5.41) is 0.632. The van der Waals surface area contributed by atoms with Gasteiger partial charge in [-0.2, -0.15) is 0 Å². The summed E-state index contributed by atoms with van der Waals surface area (Å²) < 4.78 is 19.4. The molecule has 0 amide bonds. The highest BCUT2D eigenvalue weighted by Gasteiger charge is 2.20. The molecule has 0 saturated carbocycles. The van der Waals surface area contributed by atoms with Crippen LogP contribution in [-0.2, 0) is 11.8 Å². The third kappa shape index (κ3) is 3.46. The van der Waals surface area contributed by atoms with Gasteiger partial charge in [0.05, 0.1) is 6.61 Å². The van der Waals surface area contributed by atoms with Crippen LogP contribution in [0.3, 0.4) is 0 Å². The highest BCUT2D eigenvalue weighted by atomic mass is 79.9. The first-order valence-corrected chi connectivity index (χ1v) is 8.44. The molecule has 1 unspecified atom stereocenters. The van der Waals surface area contributed by atoms with Crippen molar-refractivity contribution in [3.63, 3.8) is 0 Å². The van der Waals surface area contributed by atoms with E-state index in [2.05, 4.69) is 40.2 Å². The van der Waals surface area contributed by atoms with Gasteiger partial charge in [0.25, 0.3) is 0 Å². The zero-order valence-electron chi connectivity index (χ0n) is 11.8. The van der Waals surface area contributed by atoms with Crippen molar-refractivity contribution in [2.24, 2.45) is 0 Å². The Hall–Kier alpha value is -1.35. The highest BCUT2D eigenvalue weighted by Crippen LogP contribution is 2.32. The van der Waals surface area contributed by atoms with Crippen molar-refractivity contribution in [3.8, 4) is 5.75 Å². The van der Waals surface area contributed by atoms with Crippen molar-refractivity contribution in [1.82, 2.24) is 0 Å². The number of aryl methyl sites for hydroxylation is 1. The summed E-state index contributed by atoms with van der Waals surface area (Å²) in [5.74, 6) is 0.782. The number of hydrogen-bond acceptors (Lipinski definition) is 1. The first-order chi connectivity index (χ1) is 10.3. The van der Waals surface area contributed by atoms with Gasteiger partial charge in [-0.3, -0.25) is 0 Å². The van der Waals surface area contributed by atoms with Crippen LogP contribution in [0.1, 0.15) is 35.4 Å². The van der Waals surface area contributed by atoms with Crippen LogP contribution in [0.4, 0.5) is 4.39 Å². The van der Waals surface area contributed by atoms with E-state index in [0.29, 0.717) is 23.6 Å². The molecule has 2 aromatic rings. The number of alkyl halides is 1. The standard InChI is InChI=1S/C18H18BrFO/c19-11-13-8-16(20)10-17(9-13)21-12-15-6-3-5-14-4-1-2-7-18(14)15/h1-2,4,7-10,15H,3,5-6,11-12H2. The Morgan fingerprint density at radius 2 is 2.05 bits per heavy atom. The van der Waals surface area contributed by atoms with E-state index < -0.39 is 0 Å². The smallest absolute Gasteiger partial charge is 0.127 e. The SMILES string of the molecule is Fc1cc(CBr)cc(OCC2CCCc3ccccc32)c1. The second kappa shape index (κ2) is 6.61. The maximum absolute atomic E-state index is 13.5. The quantitative estimate of drug-likeness (QED) is 0.688. The summed E-state index contributed by atoms with van der Waals surface area (Å²) in [6.07, 6.45) is 3.48. The second-order valence-electron chi connectivity index (χ2n) is 5.53. The molecule has 1 nitrogen and oxygen atoms in total. The molecule has 1 atom stereocenters. The molecule has 2 aromatic carbocycles. The van der Waals surface area contributed by atoms with Crippen molar-refractivity contribution in [2.75, 3.05) is 6.61 Å². The van der Waals surface area contributed by atoms with Gasteiger partial charge in [0.15, 0.2) is 0 Å². The zero-order valence-corrected chi connectivity index (χ0v) is 13.4. The Kier molecular flexibility index (Phi) is 4.59. The Balaban J connectivity index is 1.73. The Morgan fingerprint density at radius 3 is 2.90 bits per heavy atom. The molecule has 0 radical (unpaired) electrons. The largest absolute Gasteiger partial charge is 0.493 e. The van der Waals surface area contributed by atoms with Crippen molar-refractivity contribution in [2.45, 2.75) is 30.5 Å². The summed E-state index contributed by atoms with van der Waals surface area (Å²) in [5.41, 5.74) is 3.72. The molecule has 0 aliphatic heterocycles. The normalized spacial score (nSPS) is 17.3. The van der Waals surface area contributed by atoms with Crippen LogP contribution < -0.4 is 4.74 Å². The molecule has 1 aliphatic rings. The van der Waals surface area contributed by atoms with E-state index in [1.54, 1.807) is 0 Å². The molecule has 0 N–H and O–H groups in total. The molecule has 0 aromatic heterocycles. The van der Waals surface area contributed by atoms with E-state index in [-0.39, 0.29) is 5.82 Å². The fourth-order valence-corrected chi connectivity index (χ4v) is 3.33. The number of rotatable bonds is 4. The predicted molar refractivity (Wildman–Crippen MR) is 86.6 cm³/mol. The van der Waals surface area contributed by atoms with Crippen molar-refractivity contribution >= 4 is 15.9 Å². The second-order valence-corrected chi connectivity index (χ2v) is 6.09. The molecule has 21 heavy (non-hydrogen) atoms. The lowest BCUT2D eigenvalue weighted by Crippen LogP contribution is -2.16. The topological polar surface area (TPSA) is 9.23 Å². The summed E-state index contributed by atoms with van der Waals surface area (Å²) in [6.45, 7) is 0.613. The summed E-state index contributed by atoms with van der Waals surface area (Å²) in [7, 11) is 0. The van der Waals surface area contributed by atoms with Crippen molar-refractivity contribution in [1.29, 1.82) is 0 Å². The molecule has 0 saturated heterocycles. The predicted octanol–water partition coefficient (Wildman–Crippen LogP) is 5.22. The van der Waals surface area contributed by atoms with Crippen molar-refractivity contribution < 1.29 is 9.13 Å². The highest BCUT2D eigenvalue weighted by molar-refractivity contribution is 9.08. The van der Waals surface area contributed by atoms with Crippen LogP contribution in [0.25, 0.3) is 0 Å². The molecule has 0 spiro atoms. The number of benzene rings is 2. The van der Waals surface area contributed by atoms with Gasteiger partial charge in [-0.25, -0.2) is 4.39 Å². The van der Waals surface area contributed by atoms with E-state index in [4.69, 9.17) is 4.74 Å². The first-order valence-electron chi connectivity index (χ1n) is 7.32. The van der Waals surface area contributed by atoms with Gasteiger partial charge in [0.2, 0.25) is 0 Å². The molecule has 110 valence electrons. The Bertz CT molecular complexity index is 626. The minimum absolute atomic E-state index is 0.244. The van der Waals surface area contributed by atoms with Crippen LogP contribution in [0.5, 0.6) is 5.75 Å². The number of ether oxygens (including phenoxy) is 1. The number of halogens is 2. The minimum atomic E-state index is -0.244. The molecule has 0 bridgehead atoms. The van der Waals surface area contributed by atoms with Crippen LogP contribution in [0, 0.1) is 5.82 Å². The molecule has 0 fully saturated rings. The van der Waals surface area contributed by atoms with Gasteiger partial charge in [-0.15, -0.1) is 0 Å². The van der Waals surface area contributed by atoms with E-state index in [1.165, 1.54) is 29.7 Å². The van der Waals surface area contributed by atoms with Crippen LogP contribution >= 0.6 is 15.9 Å². The van der Waals surface area contributed by atoms with Crippen LogP contribution in [0.15, 0.2) is 42.5 Å². The maximum atomic E-state index is 13.5. The summed E-state index contributed by atoms with van der Waals surface area (Å²) >= 11 is 3.35. The van der Waals surface area contributed by atoms with Gasteiger partial charge in [0, 0.05) is 17.3 Å². The van der Waals surface area contributed by atoms with Gasteiger partial charge in [-0.1, -0.05) is 40.2 Å². The van der Waals surface area contributed by atoms with Gasteiger partial charge >= 0.3 is 0 Å². The maximum Gasteiger partial charge on any atom is 0.127 e. The third-order valence-corrected chi connectivity index (χ3v) is 4.68. The van der Waals surface area contributed by atoms with Crippen molar-refractivity contribution in [3.05, 3.63) is 65.0 Å². The lowest BCUT2D eigenvalue weighted by atomic mass is 9.83. The average Bonchev–Trinajstić information content (AvgIpc) is 2.52. The third-order valence-electron chi connectivity index (χ3n) is 4.03. The summed E-state index contributed by atoms with van der Waals surface area (Å²) in [4.78, 5) is 0. The van der Waals surface area contributed by atoms with Crippen LogP contribution in [0.2, 0.25) is 0 Å². The molecular weight excluding hydrogens is 331 g/mol. The van der Waals surface area contributed by atoms with E-state index >= 15 is 0 Å².